The Labute approximate surface area is 253 Å². The van der Waals surface area contributed by atoms with Gasteiger partial charge in [-0.25, -0.2) is 8.42 Å². The van der Waals surface area contributed by atoms with Crippen LogP contribution >= 0.6 is 23.2 Å². The minimum absolute atomic E-state index is 0.0512. The molecule has 1 unspecified atom stereocenters. The third-order valence-electron chi connectivity index (χ3n) is 6.23. The van der Waals surface area contributed by atoms with E-state index in [1.807, 2.05) is 0 Å². The number of carbonyl (C=O) groups is 2. The van der Waals surface area contributed by atoms with Crippen LogP contribution in [0.4, 0.5) is 18.9 Å². The van der Waals surface area contributed by atoms with Gasteiger partial charge in [-0.3, -0.25) is 13.9 Å². The SMILES string of the molecule is CC(C)NC(=O)C(Cc1ccccc1)N(Cc1c(Cl)cccc1Cl)C(=O)CN(c1cccc(C(F)(F)F)c1)S(C)(=O)=O. The molecule has 0 saturated heterocycles. The zero-order valence-corrected chi connectivity index (χ0v) is 25.4. The van der Waals surface area contributed by atoms with Gasteiger partial charge in [-0.1, -0.05) is 65.7 Å². The fourth-order valence-electron chi connectivity index (χ4n) is 4.24. The van der Waals surface area contributed by atoms with Gasteiger partial charge in [0.2, 0.25) is 21.8 Å². The first-order chi connectivity index (χ1) is 19.6. The number of hydrogen-bond donors (Lipinski definition) is 1. The zero-order valence-electron chi connectivity index (χ0n) is 23.0. The highest BCUT2D eigenvalue weighted by Gasteiger charge is 2.35. The van der Waals surface area contributed by atoms with Gasteiger partial charge in [-0.15, -0.1) is 0 Å². The highest BCUT2D eigenvalue weighted by Crippen LogP contribution is 2.33. The van der Waals surface area contributed by atoms with Crippen LogP contribution < -0.4 is 9.62 Å². The summed E-state index contributed by atoms with van der Waals surface area (Å²) in [5.74, 6) is -1.37. The molecule has 226 valence electrons. The van der Waals surface area contributed by atoms with Gasteiger partial charge in [0.1, 0.15) is 12.6 Å². The number of benzene rings is 3. The molecule has 3 aromatic carbocycles. The molecule has 0 bridgehead atoms. The van der Waals surface area contributed by atoms with E-state index in [0.29, 0.717) is 21.5 Å². The summed E-state index contributed by atoms with van der Waals surface area (Å²) in [5, 5.41) is 3.22. The Morgan fingerprint density at radius 1 is 0.929 bits per heavy atom. The predicted molar refractivity (Wildman–Crippen MR) is 158 cm³/mol. The van der Waals surface area contributed by atoms with Crippen LogP contribution in [0, 0.1) is 0 Å². The summed E-state index contributed by atoms with van der Waals surface area (Å²) in [4.78, 5) is 28.7. The first kappa shape index (κ1) is 33.2. The van der Waals surface area contributed by atoms with Crippen LogP contribution in [-0.4, -0.2) is 50.0 Å². The Balaban J connectivity index is 2.12. The summed E-state index contributed by atoms with van der Waals surface area (Å²) >= 11 is 12.8. The number of nitrogens with zero attached hydrogens (tertiary/aromatic N) is 2. The summed E-state index contributed by atoms with van der Waals surface area (Å²) in [5.41, 5.74) is -0.418. The van der Waals surface area contributed by atoms with Crippen molar-refractivity contribution in [1.29, 1.82) is 0 Å². The van der Waals surface area contributed by atoms with Gasteiger partial charge in [-0.05, 0) is 49.7 Å². The van der Waals surface area contributed by atoms with Crippen molar-refractivity contribution in [2.24, 2.45) is 0 Å². The van der Waals surface area contributed by atoms with Crippen LogP contribution in [-0.2, 0) is 38.8 Å². The molecule has 0 aliphatic rings. The normalized spacial score (nSPS) is 12.6. The second-order valence-electron chi connectivity index (χ2n) is 9.91. The fraction of sp³-hybridized carbons (Fsp3) is 0.310. The van der Waals surface area contributed by atoms with E-state index >= 15 is 0 Å². The van der Waals surface area contributed by atoms with Crippen molar-refractivity contribution in [3.05, 3.63) is 99.5 Å². The van der Waals surface area contributed by atoms with Crippen LogP contribution in [0.3, 0.4) is 0 Å². The Hall–Kier alpha value is -3.28. The van der Waals surface area contributed by atoms with Crippen molar-refractivity contribution in [2.45, 2.75) is 45.1 Å². The molecule has 0 spiro atoms. The van der Waals surface area contributed by atoms with E-state index < -0.39 is 46.2 Å². The van der Waals surface area contributed by atoms with E-state index in [1.54, 1.807) is 62.4 Å². The summed E-state index contributed by atoms with van der Waals surface area (Å²) in [7, 11) is -4.26. The third-order valence-corrected chi connectivity index (χ3v) is 8.08. The Bertz CT molecular complexity index is 1500. The molecule has 2 amide bonds. The molecule has 3 aromatic rings. The standard InChI is InChI=1S/C29H30Cl2F3N3O4S/c1-19(2)35-28(39)26(15-20-9-5-4-6-10-20)36(17-23-24(30)13-8-14-25(23)31)27(38)18-37(42(3,40)41)22-12-7-11-21(16-22)29(32,33)34/h4-14,16,19,26H,15,17-18H2,1-3H3,(H,35,39). The molecule has 42 heavy (non-hydrogen) atoms. The largest absolute Gasteiger partial charge is 0.416 e. The Morgan fingerprint density at radius 3 is 2.07 bits per heavy atom. The van der Waals surface area contributed by atoms with E-state index in [-0.39, 0.29) is 34.7 Å². The minimum atomic E-state index is -4.74. The lowest BCUT2D eigenvalue weighted by Crippen LogP contribution is -2.54. The first-order valence-electron chi connectivity index (χ1n) is 12.8. The molecule has 0 radical (unpaired) electrons. The van der Waals surface area contributed by atoms with Crippen molar-refractivity contribution in [3.8, 4) is 0 Å². The van der Waals surface area contributed by atoms with E-state index in [0.717, 1.165) is 29.4 Å². The van der Waals surface area contributed by atoms with E-state index in [9.17, 15) is 31.2 Å². The molecule has 3 rings (SSSR count). The van der Waals surface area contributed by atoms with Crippen molar-refractivity contribution >= 4 is 50.7 Å². The first-order valence-corrected chi connectivity index (χ1v) is 15.4. The molecule has 0 saturated carbocycles. The maximum Gasteiger partial charge on any atom is 0.416 e. The molecule has 1 N–H and O–H groups in total. The minimum Gasteiger partial charge on any atom is -0.352 e. The lowest BCUT2D eigenvalue weighted by molar-refractivity contribution is -0.140. The maximum atomic E-state index is 14.0. The van der Waals surface area contributed by atoms with Crippen LogP contribution in [0.2, 0.25) is 10.0 Å². The third kappa shape index (κ3) is 8.86. The fourth-order valence-corrected chi connectivity index (χ4v) is 5.60. The van der Waals surface area contributed by atoms with Crippen molar-refractivity contribution in [3.63, 3.8) is 0 Å². The summed E-state index contributed by atoms with van der Waals surface area (Å²) < 4.78 is 66.5. The molecule has 0 fully saturated rings. The smallest absolute Gasteiger partial charge is 0.352 e. The molecule has 7 nitrogen and oxygen atoms in total. The lowest BCUT2D eigenvalue weighted by Gasteiger charge is -2.34. The van der Waals surface area contributed by atoms with Crippen LogP contribution in [0.5, 0.6) is 0 Å². The maximum absolute atomic E-state index is 14.0. The molecule has 0 aliphatic carbocycles. The molecule has 1 atom stereocenters. The van der Waals surface area contributed by atoms with Gasteiger partial charge in [0, 0.05) is 34.6 Å². The van der Waals surface area contributed by atoms with Gasteiger partial charge in [-0.2, -0.15) is 13.2 Å². The van der Waals surface area contributed by atoms with E-state index in [4.69, 9.17) is 23.2 Å². The van der Waals surface area contributed by atoms with Crippen LogP contribution in [0.25, 0.3) is 0 Å². The topological polar surface area (TPSA) is 86.8 Å². The number of carbonyl (C=O) groups excluding carboxylic acids is 2. The number of anilines is 1. The Kier molecular flexibility index (Phi) is 10.9. The average Bonchev–Trinajstić information content (AvgIpc) is 2.89. The summed E-state index contributed by atoms with van der Waals surface area (Å²) in [6.45, 7) is 2.32. The molecule has 0 aromatic heterocycles. The van der Waals surface area contributed by atoms with E-state index in [1.165, 1.54) is 0 Å². The van der Waals surface area contributed by atoms with Crippen molar-refractivity contribution < 1.29 is 31.2 Å². The molecule has 0 heterocycles. The second-order valence-corrected chi connectivity index (χ2v) is 12.6. The average molecular weight is 645 g/mol. The monoisotopic (exact) mass is 643 g/mol. The number of alkyl halides is 3. The number of amides is 2. The van der Waals surface area contributed by atoms with Gasteiger partial charge in [0.15, 0.2) is 0 Å². The van der Waals surface area contributed by atoms with Gasteiger partial charge < -0.3 is 10.2 Å². The summed E-state index contributed by atoms with van der Waals surface area (Å²) in [6.07, 6.45) is -3.91. The number of hydrogen-bond acceptors (Lipinski definition) is 4. The van der Waals surface area contributed by atoms with Crippen LogP contribution in [0.1, 0.15) is 30.5 Å². The van der Waals surface area contributed by atoms with Crippen LogP contribution in [0.15, 0.2) is 72.8 Å². The van der Waals surface area contributed by atoms with Crippen molar-refractivity contribution in [1.82, 2.24) is 10.2 Å². The predicted octanol–water partition coefficient (Wildman–Crippen LogP) is 5.94. The molecule has 0 aliphatic heterocycles. The molecular formula is C29H30Cl2F3N3O4S. The zero-order chi connectivity index (χ0) is 31.2. The second kappa shape index (κ2) is 13.8. The number of nitrogens with one attached hydrogen (secondary N) is 1. The number of rotatable bonds is 11. The summed E-state index contributed by atoms with van der Waals surface area (Å²) in [6, 6.07) is 15.8. The highest BCUT2D eigenvalue weighted by molar-refractivity contribution is 7.92. The lowest BCUT2D eigenvalue weighted by atomic mass is 10.0. The van der Waals surface area contributed by atoms with Crippen molar-refractivity contribution in [2.75, 3.05) is 17.1 Å². The molecule has 13 heteroatoms. The number of halogens is 5. The van der Waals surface area contributed by atoms with E-state index in [2.05, 4.69) is 5.32 Å². The highest BCUT2D eigenvalue weighted by atomic mass is 35.5. The number of sulfonamides is 1. The van der Waals surface area contributed by atoms with Gasteiger partial charge in [0.05, 0.1) is 17.5 Å². The quantitative estimate of drug-likeness (QED) is 0.280. The molecular weight excluding hydrogens is 614 g/mol. The van der Waals surface area contributed by atoms with Gasteiger partial charge in [0.25, 0.3) is 0 Å². The Morgan fingerprint density at radius 2 is 1.52 bits per heavy atom. The van der Waals surface area contributed by atoms with Gasteiger partial charge >= 0.3 is 6.18 Å².